The predicted octanol–water partition coefficient (Wildman–Crippen LogP) is 5.32. The molecule has 1 aliphatic carbocycles. The zero-order valence-corrected chi connectivity index (χ0v) is 25.7. The number of hydrogen-bond donors (Lipinski definition) is 2. The maximum Gasteiger partial charge on any atom is 0.407 e. The molecule has 1 amide bonds. The summed E-state index contributed by atoms with van der Waals surface area (Å²) < 4.78 is 31.9. The minimum absolute atomic E-state index is 0.0369. The first-order chi connectivity index (χ1) is 23.6. The minimum atomic E-state index is -1.16. The second-order valence-electron chi connectivity index (χ2n) is 12.0. The van der Waals surface area contributed by atoms with Crippen LogP contribution in [0.15, 0.2) is 88.8 Å². The number of phenols is 1. The van der Waals surface area contributed by atoms with Gasteiger partial charge in [-0.05, 0) is 85.3 Å². The molecule has 2 N–H and O–H groups in total. The van der Waals surface area contributed by atoms with Crippen molar-refractivity contribution in [2.24, 2.45) is 0 Å². The van der Waals surface area contributed by atoms with E-state index in [1.165, 1.54) is 44.3 Å². The quantitative estimate of drug-likeness (QED) is 0.217. The van der Waals surface area contributed by atoms with Crippen molar-refractivity contribution in [3.63, 3.8) is 0 Å². The van der Waals surface area contributed by atoms with E-state index in [1.807, 2.05) is 0 Å². The molecule has 4 aromatic heterocycles. The number of benzene rings is 2. The number of phenolic OH excluding ortho intramolecular Hbond substituents is 1. The number of imidazole rings is 1. The number of pyridine rings is 2. The summed E-state index contributed by atoms with van der Waals surface area (Å²) in [6.07, 6.45) is 4.41. The lowest BCUT2D eigenvalue weighted by atomic mass is 9.90. The molecule has 1 saturated carbocycles. The molecule has 0 saturated heterocycles. The van der Waals surface area contributed by atoms with Crippen LogP contribution in [-0.2, 0) is 6.54 Å². The highest BCUT2D eigenvalue weighted by Gasteiger charge is 2.32. The van der Waals surface area contributed by atoms with Crippen LogP contribution >= 0.6 is 0 Å². The number of nitrogens with zero attached hydrogens (tertiary/aromatic N) is 6. The third-order valence-corrected chi connectivity index (χ3v) is 8.98. The van der Waals surface area contributed by atoms with Gasteiger partial charge in [0.15, 0.2) is 11.9 Å². The second-order valence-corrected chi connectivity index (χ2v) is 12.0. The van der Waals surface area contributed by atoms with Gasteiger partial charge in [0.2, 0.25) is 0 Å². The zero-order chi connectivity index (χ0) is 34.4. The number of halogens is 2. The number of hydrogen-bond acceptors (Lipinski definition) is 7. The summed E-state index contributed by atoms with van der Waals surface area (Å²) in [5.41, 5.74) is 1.02. The maximum absolute atomic E-state index is 14.5. The third-order valence-electron chi connectivity index (χ3n) is 8.98. The van der Waals surface area contributed by atoms with E-state index in [9.17, 15) is 38.2 Å². The maximum atomic E-state index is 14.5. The van der Waals surface area contributed by atoms with Gasteiger partial charge in [-0.3, -0.25) is 19.1 Å². The van der Waals surface area contributed by atoms with Crippen molar-refractivity contribution < 1.29 is 28.6 Å². The summed E-state index contributed by atoms with van der Waals surface area (Å²) in [4.78, 5) is 61.9. The summed E-state index contributed by atoms with van der Waals surface area (Å²) in [6.45, 7) is -0.0369. The molecule has 0 aliphatic heterocycles. The van der Waals surface area contributed by atoms with Gasteiger partial charge in [-0.1, -0.05) is 12.1 Å². The average Bonchev–Trinajstić information content (AvgIpc) is 3.49. The van der Waals surface area contributed by atoms with Crippen LogP contribution < -0.4 is 11.2 Å². The number of aldehydes is 1. The lowest BCUT2D eigenvalue weighted by Crippen LogP contribution is -2.46. The largest absolute Gasteiger partial charge is 0.508 e. The van der Waals surface area contributed by atoms with Gasteiger partial charge in [-0.25, -0.2) is 32.9 Å². The summed E-state index contributed by atoms with van der Waals surface area (Å²) in [6, 6.07) is 13.7. The molecular formula is C35H28F2N6O6. The second kappa shape index (κ2) is 12.4. The van der Waals surface area contributed by atoms with Crippen LogP contribution in [0.2, 0.25) is 0 Å². The van der Waals surface area contributed by atoms with Crippen molar-refractivity contribution in [3.8, 4) is 22.6 Å². The van der Waals surface area contributed by atoms with Crippen molar-refractivity contribution in [1.29, 1.82) is 0 Å². The first-order valence-corrected chi connectivity index (χ1v) is 15.5. The summed E-state index contributed by atoms with van der Waals surface area (Å²) in [5, 5.41) is 19.8. The van der Waals surface area contributed by atoms with Gasteiger partial charge >= 0.3 is 11.8 Å². The van der Waals surface area contributed by atoms with Gasteiger partial charge in [0, 0.05) is 30.0 Å². The van der Waals surface area contributed by atoms with Crippen LogP contribution in [0.3, 0.4) is 0 Å². The van der Waals surface area contributed by atoms with Crippen molar-refractivity contribution in [3.05, 3.63) is 123 Å². The Kier molecular flexibility index (Phi) is 7.98. The molecule has 1 aliphatic rings. The number of fused-ring (bicyclic) bond motifs is 2. The van der Waals surface area contributed by atoms with E-state index in [0.717, 1.165) is 16.8 Å². The molecule has 0 unspecified atom stereocenters. The number of carboxylic acid groups (broad SMARTS) is 1. The van der Waals surface area contributed by atoms with Crippen LogP contribution in [0.4, 0.5) is 13.6 Å². The summed E-state index contributed by atoms with van der Waals surface area (Å²) >= 11 is 0. The highest BCUT2D eigenvalue weighted by atomic mass is 19.1. The number of aromatic nitrogens is 5. The molecule has 0 spiro atoms. The number of carbonyl (C=O) groups excluding carboxylic acids is 1. The molecular weight excluding hydrogens is 638 g/mol. The van der Waals surface area contributed by atoms with E-state index in [0.29, 0.717) is 47.3 Å². The van der Waals surface area contributed by atoms with Gasteiger partial charge in [-0.2, -0.15) is 0 Å². The van der Waals surface area contributed by atoms with Gasteiger partial charge in [-0.15, -0.1) is 0 Å². The molecule has 4 heterocycles. The van der Waals surface area contributed by atoms with Crippen LogP contribution in [0, 0.1) is 11.6 Å². The molecule has 14 heteroatoms. The first kappa shape index (κ1) is 31.4. The fraction of sp³-hybridized carbons (Fsp3) is 0.200. The molecule has 0 atom stereocenters. The van der Waals surface area contributed by atoms with Crippen molar-refractivity contribution in [2.45, 2.75) is 44.3 Å². The van der Waals surface area contributed by atoms with E-state index in [1.54, 1.807) is 36.5 Å². The lowest BCUT2D eigenvalue weighted by molar-refractivity contribution is 0.0983. The molecule has 49 heavy (non-hydrogen) atoms. The van der Waals surface area contributed by atoms with E-state index >= 15 is 0 Å². The topological polar surface area (TPSA) is 152 Å². The Hall–Kier alpha value is -6.18. The highest BCUT2D eigenvalue weighted by molar-refractivity contribution is 5.88. The van der Waals surface area contributed by atoms with Crippen molar-refractivity contribution in [2.75, 3.05) is 0 Å². The van der Waals surface area contributed by atoms with Gasteiger partial charge in [0.05, 0.1) is 29.5 Å². The molecule has 248 valence electrons. The lowest BCUT2D eigenvalue weighted by Gasteiger charge is -2.35. The highest BCUT2D eigenvalue weighted by Crippen LogP contribution is 2.32. The minimum Gasteiger partial charge on any atom is -0.508 e. The van der Waals surface area contributed by atoms with Crippen LogP contribution in [-0.4, -0.2) is 57.0 Å². The van der Waals surface area contributed by atoms with Gasteiger partial charge in [0.1, 0.15) is 23.0 Å². The van der Waals surface area contributed by atoms with Gasteiger partial charge < -0.3 is 14.6 Å². The molecule has 12 nitrogen and oxygen atoms in total. The number of aromatic hydroxyl groups is 1. The Morgan fingerprint density at radius 3 is 2.53 bits per heavy atom. The summed E-state index contributed by atoms with van der Waals surface area (Å²) in [5.74, 6) is -1.30. The smallest absolute Gasteiger partial charge is 0.407 e. The molecule has 7 rings (SSSR count). The van der Waals surface area contributed by atoms with E-state index in [4.69, 9.17) is 0 Å². The third kappa shape index (κ3) is 5.81. The van der Waals surface area contributed by atoms with Crippen molar-refractivity contribution >= 4 is 29.1 Å². The van der Waals surface area contributed by atoms with E-state index in [-0.39, 0.29) is 41.7 Å². The molecule has 0 radical (unpaired) electrons. The van der Waals surface area contributed by atoms with Crippen LogP contribution in [0.25, 0.3) is 33.5 Å². The Balaban J connectivity index is 1.23. The normalized spacial score (nSPS) is 16.2. The fourth-order valence-electron chi connectivity index (χ4n) is 6.71. The SMILES string of the molecule is O=Cc1cc(O)ccc1-c1cccc(-n2c(=O)n(C3CCC(N(Cc4cn5cc(F)ccc5n4)C(=O)O)CC3)c(=O)c3cc(F)cnc32)c1. The first-order valence-electron chi connectivity index (χ1n) is 15.5. The number of amides is 1. The Bertz CT molecular complexity index is 2400. The fourth-order valence-corrected chi connectivity index (χ4v) is 6.71. The standard InChI is InChI=1S/C35H28F2N6O6/c36-22-4-11-31-39-24(17-40(31)16-22)18-41(35(48)49)25-5-7-26(8-6-25)43-33(46)30-14-23(37)15-38-32(30)42(34(43)47)27-3-1-2-20(12-27)29-10-9-28(45)13-21(29)19-44/h1-4,9-17,19,25-26,45H,5-8,18H2,(H,48,49). The Labute approximate surface area is 275 Å². The number of rotatable bonds is 7. The van der Waals surface area contributed by atoms with E-state index < -0.39 is 41.1 Å². The predicted molar refractivity (Wildman–Crippen MR) is 174 cm³/mol. The summed E-state index contributed by atoms with van der Waals surface area (Å²) in [7, 11) is 0. The molecule has 0 bridgehead atoms. The van der Waals surface area contributed by atoms with Gasteiger partial charge in [0.25, 0.3) is 5.56 Å². The average molecular weight is 667 g/mol. The van der Waals surface area contributed by atoms with Crippen molar-refractivity contribution in [1.82, 2.24) is 28.4 Å². The Morgan fingerprint density at radius 1 is 0.980 bits per heavy atom. The van der Waals surface area contributed by atoms with Crippen LogP contribution in [0.5, 0.6) is 5.75 Å². The van der Waals surface area contributed by atoms with E-state index in [2.05, 4.69) is 9.97 Å². The van der Waals surface area contributed by atoms with Crippen LogP contribution in [0.1, 0.15) is 47.8 Å². The monoisotopic (exact) mass is 666 g/mol. The molecule has 6 aromatic rings. The Morgan fingerprint density at radius 2 is 1.78 bits per heavy atom. The molecule has 2 aromatic carbocycles. The zero-order valence-electron chi connectivity index (χ0n) is 25.7. The number of carbonyl (C=O) groups is 2. The molecule has 1 fully saturated rings.